The van der Waals surface area contributed by atoms with E-state index in [1.54, 1.807) is 12.1 Å². The van der Waals surface area contributed by atoms with Crippen molar-refractivity contribution in [2.45, 2.75) is 18.4 Å². The molecule has 1 amide bonds. The lowest BCUT2D eigenvalue weighted by Crippen LogP contribution is -2.45. The molecule has 1 heterocycles. The number of amides is 1. The number of carbonyl (C=O) groups is 1. The van der Waals surface area contributed by atoms with Crippen LogP contribution in [0.5, 0.6) is 0 Å². The smallest absolute Gasteiger partial charge is 0.251 e. The average molecular weight is 251 g/mol. The molecular formula is C13H17NO2S. The van der Waals surface area contributed by atoms with Crippen LogP contribution in [0.3, 0.4) is 0 Å². The number of rotatable bonds is 3. The van der Waals surface area contributed by atoms with Crippen molar-refractivity contribution in [1.29, 1.82) is 0 Å². The van der Waals surface area contributed by atoms with Crippen LogP contribution in [0.1, 0.15) is 23.2 Å². The Kier molecular flexibility index (Phi) is 4.07. The highest BCUT2D eigenvalue weighted by atomic mass is 32.2. The van der Waals surface area contributed by atoms with Gasteiger partial charge in [-0.15, -0.1) is 0 Å². The summed E-state index contributed by atoms with van der Waals surface area (Å²) in [7, 11) is 0. The Bertz CT molecular complexity index is 374. The first-order valence-corrected chi connectivity index (χ1v) is 6.98. The summed E-state index contributed by atoms with van der Waals surface area (Å²) >= 11 is 1.86. The van der Waals surface area contributed by atoms with Crippen molar-refractivity contribution in [3.05, 3.63) is 35.9 Å². The second-order valence-electron chi connectivity index (χ2n) is 4.39. The maximum absolute atomic E-state index is 11.8. The minimum absolute atomic E-state index is 0.114. The van der Waals surface area contributed by atoms with Gasteiger partial charge in [0.2, 0.25) is 0 Å². The van der Waals surface area contributed by atoms with E-state index >= 15 is 0 Å². The number of benzene rings is 1. The summed E-state index contributed by atoms with van der Waals surface area (Å²) in [4.78, 5) is 11.8. The van der Waals surface area contributed by atoms with E-state index in [4.69, 9.17) is 0 Å². The number of hydrogen-bond donors (Lipinski definition) is 2. The summed E-state index contributed by atoms with van der Waals surface area (Å²) in [5, 5.41) is 13.0. The highest BCUT2D eigenvalue weighted by molar-refractivity contribution is 7.99. The molecule has 2 rings (SSSR count). The zero-order valence-corrected chi connectivity index (χ0v) is 10.5. The SMILES string of the molecule is O=C(NCC1(O)CCSCC1)c1ccccc1. The Morgan fingerprint density at radius 1 is 1.29 bits per heavy atom. The van der Waals surface area contributed by atoms with Gasteiger partial charge in [-0.3, -0.25) is 4.79 Å². The van der Waals surface area contributed by atoms with Gasteiger partial charge in [0.15, 0.2) is 0 Å². The lowest BCUT2D eigenvalue weighted by molar-refractivity contribution is 0.0311. The third-order valence-corrected chi connectivity index (χ3v) is 4.02. The van der Waals surface area contributed by atoms with Crippen LogP contribution in [0.15, 0.2) is 30.3 Å². The van der Waals surface area contributed by atoms with Crippen molar-refractivity contribution < 1.29 is 9.90 Å². The Balaban J connectivity index is 1.87. The molecule has 92 valence electrons. The van der Waals surface area contributed by atoms with Crippen molar-refractivity contribution in [1.82, 2.24) is 5.32 Å². The van der Waals surface area contributed by atoms with Gasteiger partial charge < -0.3 is 10.4 Å². The molecule has 0 unspecified atom stereocenters. The summed E-state index contributed by atoms with van der Waals surface area (Å²) in [6.07, 6.45) is 1.51. The topological polar surface area (TPSA) is 49.3 Å². The minimum atomic E-state index is -0.713. The second-order valence-corrected chi connectivity index (χ2v) is 5.61. The fourth-order valence-corrected chi connectivity index (χ4v) is 3.12. The van der Waals surface area contributed by atoms with E-state index in [2.05, 4.69) is 5.32 Å². The predicted octanol–water partition coefficient (Wildman–Crippen LogP) is 1.67. The van der Waals surface area contributed by atoms with Crippen LogP contribution < -0.4 is 5.32 Å². The summed E-state index contributed by atoms with van der Waals surface area (Å²) in [6.45, 7) is 0.348. The van der Waals surface area contributed by atoms with E-state index in [1.807, 2.05) is 30.0 Å². The van der Waals surface area contributed by atoms with Gasteiger partial charge in [0, 0.05) is 12.1 Å². The molecule has 0 radical (unpaired) electrons. The van der Waals surface area contributed by atoms with Gasteiger partial charge in [-0.25, -0.2) is 0 Å². The molecule has 1 aromatic carbocycles. The maximum atomic E-state index is 11.8. The molecule has 1 fully saturated rings. The first-order valence-electron chi connectivity index (χ1n) is 5.83. The van der Waals surface area contributed by atoms with Crippen LogP contribution in [-0.4, -0.2) is 34.7 Å². The zero-order valence-electron chi connectivity index (χ0n) is 9.69. The Morgan fingerprint density at radius 2 is 1.94 bits per heavy atom. The minimum Gasteiger partial charge on any atom is -0.388 e. The van der Waals surface area contributed by atoms with Crippen molar-refractivity contribution in [2.24, 2.45) is 0 Å². The van der Waals surface area contributed by atoms with Crippen LogP contribution in [0.4, 0.5) is 0 Å². The molecule has 0 atom stereocenters. The van der Waals surface area contributed by atoms with E-state index in [9.17, 15) is 9.90 Å². The maximum Gasteiger partial charge on any atom is 0.251 e. The number of nitrogens with one attached hydrogen (secondary N) is 1. The highest BCUT2D eigenvalue weighted by Crippen LogP contribution is 2.26. The molecule has 1 saturated heterocycles. The van der Waals surface area contributed by atoms with Gasteiger partial charge in [0.25, 0.3) is 5.91 Å². The zero-order chi connectivity index (χ0) is 12.1. The van der Waals surface area contributed by atoms with E-state index in [0.717, 1.165) is 24.3 Å². The molecule has 0 aromatic heterocycles. The van der Waals surface area contributed by atoms with Crippen LogP contribution in [0, 0.1) is 0 Å². The van der Waals surface area contributed by atoms with Crippen molar-refractivity contribution in [2.75, 3.05) is 18.1 Å². The van der Waals surface area contributed by atoms with E-state index in [-0.39, 0.29) is 5.91 Å². The van der Waals surface area contributed by atoms with Gasteiger partial charge in [-0.2, -0.15) is 11.8 Å². The monoisotopic (exact) mass is 251 g/mol. The molecule has 3 nitrogen and oxygen atoms in total. The largest absolute Gasteiger partial charge is 0.388 e. The van der Waals surface area contributed by atoms with Crippen LogP contribution in [-0.2, 0) is 0 Å². The Hall–Kier alpha value is -1.00. The predicted molar refractivity (Wildman–Crippen MR) is 70.3 cm³/mol. The molecule has 0 spiro atoms. The molecule has 0 aliphatic carbocycles. The lowest BCUT2D eigenvalue weighted by Gasteiger charge is -2.31. The fraction of sp³-hybridized carbons (Fsp3) is 0.462. The summed E-state index contributed by atoms with van der Waals surface area (Å²) in [6, 6.07) is 9.09. The van der Waals surface area contributed by atoms with E-state index in [1.165, 1.54) is 0 Å². The Labute approximate surface area is 106 Å². The van der Waals surface area contributed by atoms with Gasteiger partial charge in [-0.05, 0) is 36.5 Å². The fourth-order valence-electron chi connectivity index (χ4n) is 1.86. The van der Waals surface area contributed by atoms with Crippen LogP contribution in [0.25, 0.3) is 0 Å². The molecule has 17 heavy (non-hydrogen) atoms. The first-order chi connectivity index (χ1) is 8.20. The molecule has 0 bridgehead atoms. The van der Waals surface area contributed by atoms with Gasteiger partial charge in [0.05, 0.1) is 5.60 Å². The summed E-state index contributed by atoms with van der Waals surface area (Å²) < 4.78 is 0. The molecule has 2 N–H and O–H groups in total. The number of carbonyl (C=O) groups excluding carboxylic acids is 1. The number of hydrogen-bond acceptors (Lipinski definition) is 3. The van der Waals surface area contributed by atoms with Crippen molar-refractivity contribution in [3.8, 4) is 0 Å². The Morgan fingerprint density at radius 3 is 2.59 bits per heavy atom. The number of aliphatic hydroxyl groups is 1. The molecule has 0 saturated carbocycles. The van der Waals surface area contributed by atoms with Crippen molar-refractivity contribution >= 4 is 17.7 Å². The third-order valence-electron chi connectivity index (χ3n) is 3.04. The molecule has 1 aliphatic heterocycles. The highest BCUT2D eigenvalue weighted by Gasteiger charge is 2.29. The van der Waals surface area contributed by atoms with E-state index in [0.29, 0.717) is 12.1 Å². The summed E-state index contributed by atoms with van der Waals surface area (Å²) in [5.41, 5.74) is -0.0725. The summed E-state index contributed by atoms with van der Waals surface area (Å²) in [5.74, 6) is 1.83. The van der Waals surface area contributed by atoms with Gasteiger partial charge in [0.1, 0.15) is 0 Å². The molecule has 1 aliphatic rings. The van der Waals surface area contributed by atoms with Gasteiger partial charge >= 0.3 is 0 Å². The third kappa shape index (κ3) is 3.48. The average Bonchev–Trinajstić information content (AvgIpc) is 2.38. The lowest BCUT2D eigenvalue weighted by atomic mass is 9.97. The normalized spacial score (nSPS) is 18.6. The molecule has 4 heteroatoms. The second kappa shape index (κ2) is 5.56. The quantitative estimate of drug-likeness (QED) is 0.859. The van der Waals surface area contributed by atoms with E-state index < -0.39 is 5.60 Å². The van der Waals surface area contributed by atoms with Gasteiger partial charge in [-0.1, -0.05) is 18.2 Å². The molecular weight excluding hydrogens is 234 g/mol. The van der Waals surface area contributed by atoms with Crippen molar-refractivity contribution in [3.63, 3.8) is 0 Å². The van der Waals surface area contributed by atoms with Crippen LogP contribution in [0.2, 0.25) is 0 Å². The number of thioether (sulfide) groups is 1. The first kappa shape index (κ1) is 12.5. The van der Waals surface area contributed by atoms with Crippen LogP contribution >= 0.6 is 11.8 Å². The standard InChI is InChI=1S/C13H17NO2S/c15-12(11-4-2-1-3-5-11)14-10-13(16)6-8-17-9-7-13/h1-5,16H,6-10H2,(H,14,15). The molecule has 1 aromatic rings.